The first-order chi connectivity index (χ1) is 15.7. The Bertz CT molecular complexity index is 1200. The number of rotatable bonds is 9. The Morgan fingerprint density at radius 3 is 2.15 bits per heavy atom. The molecular weight excluding hydrogens is 465 g/mol. The molecule has 0 atom stereocenters. The number of halogens is 2. The summed E-state index contributed by atoms with van der Waals surface area (Å²) in [6, 6.07) is 19.7. The van der Waals surface area contributed by atoms with Gasteiger partial charge >= 0.3 is 10.2 Å². The van der Waals surface area contributed by atoms with Gasteiger partial charge in [-0.15, -0.1) is 0 Å². The van der Waals surface area contributed by atoms with Crippen molar-refractivity contribution in [2.75, 3.05) is 24.9 Å². The molecule has 0 unspecified atom stereocenters. The Hall–Kier alpha value is -2.94. The van der Waals surface area contributed by atoms with E-state index in [2.05, 4.69) is 5.32 Å². The lowest BCUT2D eigenvalue weighted by Gasteiger charge is -2.27. The Morgan fingerprint density at radius 2 is 1.55 bits per heavy atom. The minimum Gasteiger partial charge on any atom is -0.352 e. The van der Waals surface area contributed by atoms with Gasteiger partial charge < -0.3 is 5.32 Å². The summed E-state index contributed by atoms with van der Waals surface area (Å²) >= 11 is 5.88. The van der Waals surface area contributed by atoms with Crippen LogP contribution in [-0.2, 0) is 23.2 Å². The van der Waals surface area contributed by atoms with E-state index in [1.54, 1.807) is 42.5 Å². The van der Waals surface area contributed by atoms with Crippen LogP contribution < -0.4 is 9.62 Å². The van der Waals surface area contributed by atoms with Gasteiger partial charge in [0.15, 0.2) is 0 Å². The third kappa shape index (κ3) is 6.31. The summed E-state index contributed by atoms with van der Waals surface area (Å²) in [6.07, 6.45) is 0.668. The molecule has 3 aromatic rings. The molecule has 0 radical (unpaired) electrons. The van der Waals surface area contributed by atoms with Gasteiger partial charge in [0.25, 0.3) is 5.91 Å². The Kier molecular flexibility index (Phi) is 8.07. The van der Waals surface area contributed by atoms with Crippen LogP contribution in [0.5, 0.6) is 0 Å². The van der Waals surface area contributed by atoms with Gasteiger partial charge in [0.1, 0.15) is 5.82 Å². The number of anilines is 1. The zero-order valence-corrected chi connectivity index (χ0v) is 19.9. The topological polar surface area (TPSA) is 69.7 Å². The second-order valence-electron chi connectivity index (χ2n) is 7.58. The number of para-hydroxylation sites is 1. The molecule has 0 fully saturated rings. The monoisotopic (exact) mass is 489 g/mol. The molecule has 174 valence electrons. The maximum atomic E-state index is 14.4. The van der Waals surface area contributed by atoms with Crippen molar-refractivity contribution in [2.45, 2.75) is 13.0 Å². The van der Waals surface area contributed by atoms with Crippen molar-refractivity contribution in [2.24, 2.45) is 0 Å². The van der Waals surface area contributed by atoms with Crippen molar-refractivity contribution in [1.82, 2.24) is 9.62 Å². The molecule has 33 heavy (non-hydrogen) atoms. The molecule has 1 amide bonds. The fraction of sp³-hybridized carbons (Fsp3) is 0.208. The normalized spacial score (nSPS) is 11.4. The van der Waals surface area contributed by atoms with Crippen molar-refractivity contribution < 1.29 is 17.6 Å². The van der Waals surface area contributed by atoms with Crippen LogP contribution in [0.15, 0.2) is 72.8 Å². The zero-order valence-electron chi connectivity index (χ0n) is 18.3. The summed E-state index contributed by atoms with van der Waals surface area (Å²) in [4.78, 5) is 12.4. The van der Waals surface area contributed by atoms with Gasteiger partial charge in [-0.2, -0.15) is 12.7 Å². The molecule has 6 nitrogen and oxygen atoms in total. The SMILES string of the molecule is CN(C)S(=O)(=O)N(Cc1ccc(C(=O)NCCc2ccc(Cl)cc2)cc1)c1ccccc1F. The number of nitrogens with zero attached hydrogens (tertiary/aromatic N) is 2. The van der Waals surface area contributed by atoms with E-state index in [1.807, 2.05) is 12.1 Å². The molecule has 0 saturated heterocycles. The molecule has 0 saturated carbocycles. The average Bonchev–Trinajstić information content (AvgIpc) is 2.79. The maximum absolute atomic E-state index is 14.4. The molecule has 3 rings (SSSR count). The minimum absolute atomic E-state index is 0.0461. The maximum Gasteiger partial charge on any atom is 0.303 e. The Morgan fingerprint density at radius 1 is 0.939 bits per heavy atom. The van der Waals surface area contributed by atoms with E-state index in [4.69, 9.17) is 11.6 Å². The summed E-state index contributed by atoms with van der Waals surface area (Å²) in [7, 11) is -1.16. The third-order valence-electron chi connectivity index (χ3n) is 5.02. The zero-order chi connectivity index (χ0) is 24.0. The molecule has 0 bridgehead atoms. The standard InChI is InChI=1S/C24H25ClFN3O3S/c1-28(2)33(31,32)29(23-6-4-3-5-22(23)26)17-19-7-11-20(12-8-19)24(30)27-16-15-18-9-13-21(25)14-10-18/h3-14H,15-17H2,1-2H3,(H,27,30). The van der Waals surface area contributed by atoms with Gasteiger partial charge in [0.2, 0.25) is 0 Å². The van der Waals surface area contributed by atoms with E-state index >= 15 is 0 Å². The first-order valence-electron chi connectivity index (χ1n) is 10.2. The summed E-state index contributed by atoms with van der Waals surface area (Å²) in [5.41, 5.74) is 2.07. The second kappa shape index (κ2) is 10.8. The van der Waals surface area contributed by atoms with Gasteiger partial charge in [-0.1, -0.05) is 48.0 Å². The molecule has 0 aromatic heterocycles. The summed E-state index contributed by atoms with van der Waals surface area (Å²) in [5.74, 6) is -0.873. The van der Waals surface area contributed by atoms with Crippen molar-refractivity contribution in [3.05, 3.63) is 100 Å². The molecule has 9 heteroatoms. The van der Waals surface area contributed by atoms with Gasteiger partial charge in [-0.05, 0) is 53.9 Å². The van der Waals surface area contributed by atoms with E-state index in [-0.39, 0.29) is 18.1 Å². The molecule has 0 spiro atoms. The third-order valence-corrected chi connectivity index (χ3v) is 7.07. The van der Waals surface area contributed by atoms with Crippen LogP contribution in [0.3, 0.4) is 0 Å². The van der Waals surface area contributed by atoms with Crippen LogP contribution >= 0.6 is 11.6 Å². The fourth-order valence-electron chi connectivity index (χ4n) is 3.14. The number of carbonyl (C=O) groups excluding carboxylic acids is 1. The summed E-state index contributed by atoms with van der Waals surface area (Å²) in [6.45, 7) is 0.379. The highest BCUT2D eigenvalue weighted by Gasteiger charge is 2.27. The Labute approximate surface area is 198 Å². The van der Waals surface area contributed by atoms with E-state index in [0.29, 0.717) is 29.1 Å². The summed E-state index contributed by atoms with van der Waals surface area (Å²) < 4.78 is 42.1. The first kappa shape index (κ1) is 24.7. The smallest absolute Gasteiger partial charge is 0.303 e. The van der Waals surface area contributed by atoms with Crippen LogP contribution in [0, 0.1) is 5.82 Å². The number of benzene rings is 3. The van der Waals surface area contributed by atoms with Gasteiger partial charge in [0, 0.05) is 31.2 Å². The number of nitrogens with one attached hydrogen (secondary N) is 1. The highest BCUT2D eigenvalue weighted by Crippen LogP contribution is 2.25. The molecule has 0 heterocycles. The van der Waals surface area contributed by atoms with Crippen molar-refractivity contribution in [3.63, 3.8) is 0 Å². The fourth-order valence-corrected chi connectivity index (χ4v) is 4.37. The van der Waals surface area contributed by atoms with Crippen LogP contribution in [0.25, 0.3) is 0 Å². The van der Waals surface area contributed by atoms with Gasteiger partial charge in [-0.25, -0.2) is 4.39 Å². The van der Waals surface area contributed by atoms with E-state index in [1.165, 1.54) is 32.3 Å². The highest BCUT2D eigenvalue weighted by atomic mass is 35.5. The molecule has 1 N–H and O–H groups in total. The average molecular weight is 490 g/mol. The molecular formula is C24H25ClFN3O3S. The predicted molar refractivity (Wildman–Crippen MR) is 129 cm³/mol. The number of amides is 1. The van der Waals surface area contributed by atoms with Crippen LogP contribution in [0.2, 0.25) is 5.02 Å². The predicted octanol–water partition coefficient (Wildman–Crippen LogP) is 4.26. The van der Waals surface area contributed by atoms with Crippen LogP contribution in [-0.4, -0.2) is 39.3 Å². The number of hydrogen-bond acceptors (Lipinski definition) is 3. The summed E-state index contributed by atoms with van der Waals surface area (Å²) in [5, 5.41) is 3.52. The Balaban J connectivity index is 1.69. The van der Waals surface area contributed by atoms with E-state index in [9.17, 15) is 17.6 Å². The quantitative estimate of drug-likeness (QED) is 0.488. The number of hydrogen-bond donors (Lipinski definition) is 1. The second-order valence-corrected chi connectivity index (χ2v) is 10.1. The van der Waals surface area contributed by atoms with Gasteiger partial charge in [-0.3, -0.25) is 9.10 Å². The lowest BCUT2D eigenvalue weighted by atomic mass is 10.1. The van der Waals surface area contributed by atoms with E-state index < -0.39 is 16.0 Å². The lowest BCUT2D eigenvalue weighted by Crippen LogP contribution is -2.40. The van der Waals surface area contributed by atoms with Crippen molar-refractivity contribution >= 4 is 33.4 Å². The van der Waals surface area contributed by atoms with Crippen molar-refractivity contribution in [1.29, 1.82) is 0 Å². The van der Waals surface area contributed by atoms with E-state index in [0.717, 1.165) is 14.2 Å². The van der Waals surface area contributed by atoms with Gasteiger partial charge in [0.05, 0.1) is 12.2 Å². The van der Waals surface area contributed by atoms with Crippen LogP contribution in [0.4, 0.5) is 10.1 Å². The van der Waals surface area contributed by atoms with Crippen LogP contribution in [0.1, 0.15) is 21.5 Å². The number of carbonyl (C=O) groups is 1. The minimum atomic E-state index is -3.94. The molecule has 0 aliphatic heterocycles. The van der Waals surface area contributed by atoms with Crippen molar-refractivity contribution in [3.8, 4) is 0 Å². The molecule has 3 aromatic carbocycles. The first-order valence-corrected chi connectivity index (χ1v) is 12.0. The molecule has 0 aliphatic carbocycles. The molecule has 0 aliphatic rings. The lowest BCUT2D eigenvalue weighted by molar-refractivity contribution is 0.0954. The highest BCUT2D eigenvalue weighted by molar-refractivity contribution is 7.90. The largest absolute Gasteiger partial charge is 0.352 e.